The number of hydrogen-bond donors (Lipinski definition) is 1. The molecule has 2 N–H and O–H groups in total. The van der Waals surface area contributed by atoms with Crippen molar-refractivity contribution >= 4 is 61.7 Å². The van der Waals surface area contributed by atoms with Crippen LogP contribution in [0.2, 0.25) is 10.0 Å². The molecule has 3 heterocycles. The lowest BCUT2D eigenvalue weighted by Crippen LogP contribution is -2.46. The minimum absolute atomic E-state index is 0.132. The van der Waals surface area contributed by atoms with Crippen molar-refractivity contribution in [3.05, 3.63) is 83.1 Å². The Morgan fingerprint density at radius 2 is 1.70 bits per heavy atom. The number of carbonyl (C=O) groups excluding carboxylic acids is 1. The molecule has 210 valence electrons. The van der Waals surface area contributed by atoms with Crippen LogP contribution in [0.5, 0.6) is 0 Å². The van der Waals surface area contributed by atoms with Crippen molar-refractivity contribution in [3.8, 4) is 0 Å². The average Bonchev–Trinajstić information content (AvgIpc) is 3.35. The summed E-state index contributed by atoms with van der Waals surface area (Å²) in [5, 5.41) is 1.67. The molecule has 0 aliphatic carbocycles. The molecule has 2 amide bonds. The highest BCUT2D eigenvalue weighted by Gasteiger charge is 2.26. The molecule has 9 nitrogen and oxygen atoms in total. The number of benzene rings is 2. The first-order valence-corrected chi connectivity index (χ1v) is 15.2. The summed E-state index contributed by atoms with van der Waals surface area (Å²) >= 11 is 12.6. The first-order valence-electron chi connectivity index (χ1n) is 13.0. The van der Waals surface area contributed by atoms with Crippen LogP contribution in [-0.4, -0.2) is 67.6 Å². The molecule has 0 unspecified atom stereocenters. The minimum Gasteiger partial charge on any atom is -0.368 e. The van der Waals surface area contributed by atoms with E-state index < -0.39 is 16.1 Å². The van der Waals surface area contributed by atoms with Gasteiger partial charge in [-0.05, 0) is 55.8 Å². The number of carbonyl (C=O) groups is 1. The SMILES string of the molecule is NC(=O)N(CCCCN1CCN(c2cccc(Cl)c2Cl)CC1)c1cn(S(=O)(=O)c2ccccc2)c2ncccc12. The topological polar surface area (TPSA) is 105 Å². The molecule has 0 saturated carbocycles. The minimum atomic E-state index is -3.92. The number of primary amides is 1. The summed E-state index contributed by atoms with van der Waals surface area (Å²) in [5.41, 5.74) is 7.39. The number of urea groups is 1. The van der Waals surface area contributed by atoms with Crippen LogP contribution in [-0.2, 0) is 10.0 Å². The van der Waals surface area contributed by atoms with Gasteiger partial charge in [0.25, 0.3) is 10.0 Å². The van der Waals surface area contributed by atoms with E-state index in [1.807, 2.05) is 12.1 Å². The zero-order chi connectivity index (χ0) is 28.3. The Labute approximate surface area is 243 Å². The van der Waals surface area contributed by atoms with Gasteiger partial charge in [-0.3, -0.25) is 9.80 Å². The maximum atomic E-state index is 13.4. The Morgan fingerprint density at radius 3 is 2.42 bits per heavy atom. The summed E-state index contributed by atoms with van der Waals surface area (Å²) in [4.78, 5) is 23.0. The van der Waals surface area contributed by atoms with Crippen LogP contribution in [0.1, 0.15) is 12.8 Å². The van der Waals surface area contributed by atoms with E-state index in [0.29, 0.717) is 34.1 Å². The Kier molecular flexibility index (Phi) is 8.51. The molecule has 40 heavy (non-hydrogen) atoms. The maximum absolute atomic E-state index is 13.4. The van der Waals surface area contributed by atoms with Crippen LogP contribution in [0.25, 0.3) is 11.0 Å². The second-order valence-electron chi connectivity index (χ2n) is 9.60. The van der Waals surface area contributed by atoms with Crippen molar-refractivity contribution in [2.75, 3.05) is 49.1 Å². The third kappa shape index (κ3) is 5.76. The van der Waals surface area contributed by atoms with Crippen molar-refractivity contribution < 1.29 is 13.2 Å². The fourth-order valence-electron chi connectivity index (χ4n) is 5.02. The summed E-state index contributed by atoms with van der Waals surface area (Å²) < 4.78 is 27.9. The van der Waals surface area contributed by atoms with Crippen LogP contribution in [0, 0.1) is 0 Å². The smallest absolute Gasteiger partial charge is 0.319 e. The second-order valence-corrected chi connectivity index (χ2v) is 12.2. The fourth-order valence-corrected chi connectivity index (χ4v) is 6.78. The van der Waals surface area contributed by atoms with Gasteiger partial charge in [-0.1, -0.05) is 47.5 Å². The fraction of sp³-hybridized carbons (Fsp3) is 0.286. The Hall–Kier alpha value is -3.31. The van der Waals surface area contributed by atoms with Gasteiger partial charge in [0.05, 0.1) is 26.3 Å². The lowest BCUT2D eigenvalue weighted by atomic mass is 10.2. The van der Waals surface area contributed by atoms with Crippen molar-refractivity contribution in [3.63, 3.8) is 0 Å². The number of aromatic nitrogens is 2. The highest BCUT2D eigenvalue weighted by molar-refractivity contribution is 7.90. The third-order valence-electron chi connectivity index (χ3n) is 7.12. The molecule has 2 aromatic heterocycles. The molecule has 1 aliphatic rings. The molecule has 12 heteroatoms. The maximum Gasteiger partial charge on any atom is 0.319 e. The summed E-state index contributed by atoms with van der Waals surface area (Å²) in [5.74, 6) is 0. The zero-order valence-corrected chi connectivity index (χ0v) is 24.1. The molecule has 0 atom stereocenters. The van der Waals surface area contributed by atoms with Gasteiger partial charge in [0.1, 0.15) is 0 Å². The number of unbranched alkanes of at least 4 members (excludes halogenated alkanes) is 1. The lowest BCUT2D eigenvalue weighted by Gasteiger charge is -2.36. The number of amides is 2. The van der Waals surface area contributed by atoms with E-state index in [1.54, 1.807) is 36.4 Å². The first-order chi connectivity index (χ1) is 19.3. The highest BCUT2D eigenvalue weighted by Crippen LogP contribution is 2.33. The average molecular weight is 602 g/mol. The van der Waals surface area contributed by atoms with Gasteiger partial charge < -0.3 is 10.6 Å². The molecule has 1 aliphatic heterocycles. The van der Waals surface area contributed by atoms with Gasteiger partial charge in [-0.2, -0.15) is 0 Å². The van der Waals surface area contributed by atoms with Crippen LogP contribution in [0.4, 0.5) is 16.2 Å². The zero-order valence-electron chi connectivity index (χ0n) is 21.8. The molecule has 0 spiro atoms. The Morgan fingerprint density at radius 1 is 0.950 bits per heavy atom. The summed E-state index contributed by atoms with van der Waals surface area (Å²) in [6, 6.07) is 16.6. The molecule has 4 aromatic rings. The molecule has 2 aromatic carbocycles. The summed E-state index contributed by atoms with van der Waals surface area (Å²) in [6.07, 6.45) is 4.51. The van der Waals surface area contributed by atoms with Crippen LogP contribution >= 0.6 is 23.2 Å². The van der Waals surface area contributed by atoms with Crippen LogP contribution < -0.4 is 15.5 Å². The number of pyridine rings is 1. The van der Waals surface area contributed by atoms with E-state index in [2.05, 4.69) is 14.8 Å². The van der Waals surface area contributed by atoms with Gasteiger partial charge >= 0.3 is 6.03 Å². The van der Waals surface area contributed by atoms with Gasteiger partial charge in [0, 0.05) is 50.5 Å². The van der Waals surface area contributed by atoms with E-state index in [9.17, 15) is 13.2 Å². The first kappa shape index (κ1) is 28.2. The number of piperazine rings is 1. The summed E-state index contributed by atoms with van der Waals surface area (Å²) in [6.45, 7) is 4.69. The van der Waals surface area contributed by atoms with E-state index in [-0.39, 0.29) is 10.5 Å². The van der Waals surface area contributed by atoms with Crippen molar-refractivity contribution in [1.29, 1.82) is 0 Å². The lowest BCUT2D eigenvalue weighted by molar-refractivity contribution is 0.249. The van der Waals surface area contributed by atoms with Gasteiger partial charge in [0.2, 0.25) is 0 Å². The molecule has 1 saturated heterocycles. The third-order valence-corrected chi connectivity index (χ3v) is 9.59. The van der Waals surface area contributed by atoms with E-state index in [0.717, 1.165) is 48.8 Å². The monoisotopic (exact) mass is 600 g/mol. The quantitative estimate of drug-likeness (QED) is 0.269. The number of nitrogens with two attached hydrogens (primary N) is 1. The second kappa shape index (κ2) is 12.1. The number of fused-ring (bicyclic) bond motifs is 1. The molecule has 0 bridgehead atoms. The molecular weight excluding hydrogens is 571 g/mol. The summed E-state index contributed by atoms with van der Waals surface area (Å²) in [7, 11) is -3.92. The molecule has 5 rings (SSSR count). The van der Waals surface area contributed by atoms with Crippen LogP contribution in [0.3, 0.4) is 0 Å². The van der Waals surface area contributed by atoms with Crippen LogP contribution in [0.15, 0.2) is 78.0 Å². The van der Waals surface area contributed by atoms with Gasteiger partial charge in [0.15, 0.2) is 5.65 Å². The molecule has 1 fully saturated rings. The Bertz CT molecular complexity index is 1610. The van der Waals surface area contributed by atoms with Gasteiger partial charge in [-0.25, -0.2) is 22.2 Å². The highest BCUT2D eigenvalue weighted by atomic mass is 35.5. The van der Waals surface area contributed by atoms with Crippen molar-refractivity contribution in [2.24, 2.45) is 5.73 Å². The largest absolute Gasteiger partial charge is 0.368 e. The standard InChI is InChI=1S/C28H30Cl2N6O3S/c29-23-11-6-12-24(26(23)30)34-18-16-33(17-19-34)14-4-5-15-35(28(31)37)25-20-36(27-22(25)10-7-13-32-27)40(38,39)21-8-2-1-3-9-21/h1-3,6-13,20H,4-5,14-19H2,(H2,31,37). The van der Waals surface area contributed by atoms with Crippen molar-refractivity contribution in [1.82, 2.24) is 13.9 Å². The number of halogens is 2. The number of nitrogens with zero attached hydrogens (tertiary/aromatic N) is 5. The van der Waals surface area contributed by atoms with E-state index >= 15 is 0 Å². The number of hydrogen-bond acceptors (Lipinski definition) is 6. The Balaban J connectivity index is 1.24. The van der Waals surface area contributed by atoms with E-state index in [1.165, 1.54) is 29.4 Å². The molecular formula is C28H30Cl2N6O3S. The number of anilines is 2. The van der Waals surface area contributed by atoms with Crippen molar-refractivity contribution in [2.45, 2.75) is 17.7 Å². The predicted molar refractivity (Wildman–Crippen MR) is 160 cm³/mol. The molecule has 0 radical (unpaired) electrons. The normalized spacial score (nSPS) is 14.5. The predicted octanol–water partition coefficient (Wildman–Crippen LogP) is 5.07. The number of rotatable bonds is 9. The van der Waals surface area contributed by atoms with E-state index in [4.69, 9.17) is 28.9 Å². The van der Waals surface area contributed by atoms with Gasteiger partial charge in [-0.15, -0.1) is 0 Å².